The third-order valence-corrected chi connectivity index (χ3v) is 4.44. The summed E-state index contributed by atoms with van der Waals surface area (Å²) in [6.07, 6.45) is 0. The van der Waals surface area contributed by atoms with Gasteiger partial charge >= 0.3 is 5.69 Å². The Bertz CT molecular complexity index is 885. The highest BCUT2D eigenvalue weighted by Gasteiger charge is 2.22. The molecule has 0 unspecified atom stereocenters. The smallest absolute Gasteiger partial charge is 0.306 e. The Morgan fingerprint density at radius 3 is 2.33 bits per heavy atom. The van der Waals surface area contributed by atoms with Crippen molar-refractivity contribution in [3.8, 4) is 11.5 Å². The van der Waals surface area contributed by atoms with E-state index in [4.69, 9.17) is 9.47 Å². The van der Waals surface area contributed by atoms with Gasteiger partial charge < -0.3 is 9.47 Å². The van der Waals surface area contributed by atoms with Gasteiger partial charge in [-0.15, -0.1) is 0 Å². The number of hydrogen-bond donors (Lipinski definition) is 1. The van der Waals surface area contributed by atoms with E-state index in [1.54, 1.807) is 0 Å². The lowest BCUT2D eigenvalue weighted by atomic mass is 10.3. The van der Waals surface area contributed by atoms with Crippen LogP contribution in [0.25, 0.3) is 0 Å². The Kier molecular flexibility index (Phi) is 4.88. The van der Waals surface area contributed by atoms with E-state index < -0.39 is 31.3 Å². The Hall–Kier alpha value is -2.88. The van der Waals surface area contributed by atoms with Crippen molar-refractivity contribution in [2.24, 2.45) is 0 Å². The normalized spacial score (nSPS) is 11.0. The van der Waals surface area contributed by atoms with Gasteiger partial charge in [0.15, 0.2) is 11.5 Å². The molecule has 0 aliphatic rings. The Morgan fingerprint density at radius 2 is 1.75 bits per heavy atom. The van der Waals surface area contributed by atoms with Crippen LogP contribution in [0, 0.1) is 15.9 Å². The summed E-state index contributed by atoms with van der Waals surface area (Å²) in [4.78, 5) is 9.30. The van der Waals surface area contributed by atoms with Gasteiger partial charge in [-0.25, -0.2) is 8.42 Å². The highest BCUT2D eigenvalue weighted by Crippen LogP contribution is 2.31. The number of anilines is 1. The summed E-state index contributed by atoms with van der Waals surface area (Å²) in [5, 5.41) is 10.7. The zero-order valence-corrected chi connectivity index (χ0v) is 13.5. The molecule has 2 rings (SSSR count). The molecule has 0 spiro atoms. The molecule has 0 fully saturated rings. The van der Waals surface area contributed by atoms with Gasteiger partial charge in [0.2, 0.25) is 5.82 Å². The molecule has 0 aliphatic heterocycles. The van der Waals surface area contributed by atoms with Gasteiger partial charge in [-0.3, -0.25) is 14.8 Å². The number of benzene rings is 2. The summed E-state index contributed by atoms with van der Waals surface area (Å²) in [5.74, 6) is -0.425. The Labute approximate surface area is 137 Å². The largest absolute Gasteiger partial charge is 0.493 e. The predicted octanol–water partition coefficient (Wildman–Crippen LogP) is 2.55. The molecule has 8 nitrogen and oxygen atoms in total. The summed E-state index contributed by atoms with van der Waals surface area (Å²) in [6.45, 7) is 0. The van der Waals surface area contributed by atoms with Crippen LogP contribution in [0.15, 0.2) is 41.3 Å². The van der Waals surface area contributed by atoms with E-state index in [9.17, 15) is 22.9 Å². The van der Waals surface area contributed by atoms with Crippen LogP contribution in [-0.2, 0) is 10.0 Å². The molecule has 10 heteroatoms. The van der Waals surface area contributed by atoms with Gasteiger partial charge in [0.25, 0.3) is 10.0 Å². The first-order chi connectivity index (χ1) is 11.3. The first-order valence-electron chi connectivity index (χ1n) is 6.47. The minimum atomic E-state index is -4.15. The number of methoxy groups -OCH3 is 2. The van der Waals surface area contributed by atoms with Crippen LogP contribution in [0.4, 0.5) is 15.8 Å². The molecular formula is C14H13FN2O6S. The van der Waals surface area contributed by atoms with Crippen LogP contribution in [0.1, 0.15) is 0 Å². The highest BCUT2D eigenvalue weighted by atomic mass is 32.2. The molecule has 128 valence electrons. The minimum absolute atomic E-state index is 0.152. The molecule has 0 amide bonds. The summed E-state index contributed by atoms with van der Waals surface area (Å²) in [7, 11) is -1.33. The second-order valence-electron chi connectivity index (χ2n) is 4.55. The maximum absolute atomic E-state index is 13.3. The zero-order valence-electron chi connectivity index (χ0n) is 12.6. The van der Waals surface area contributed by atoms with Gasteiger partial charge in [-0.2, -0.15) is 4.39 Å². The molecular weight excluding hydrogens is 343 g/mol. The lowest BCUT2D eigenvalue weighted by molar-refractivity contribution is -0.387. The zero-order chi connectivity index (χ0) is 17.9. The number of nitro groups is 1. The topological polar surface area (TPSA) is 108 Å². The van der Waals surface area contributed by atoms with Gasteiger partial charge in [0, 0.05) is 12.1 Å². The molecule has 0 atom stereocenters. The van der Waals surface area contributed by atoms with Crippen LogP contribution < -0.4 is 14.2 Å². The Balaban J connectivity index is 2.39. The molecule has 0 bridgehead atoms. The van der Waals surface area contributed by atoms with Crippen molar-refractivity contribution in [2.45, 2.75) is 4.90 Å². The lowest BCUT2D eigenvalue weighted by Crippen LogP contribution is -2.13. The quantitative estimate of drug-likeness (QED) is 0.629. The molecule has 2 aromatic rings. The van der Waals surface area contributed by atoms with E-state index in [0.717, 1.165) is 12.1 Å². The lowest BCUT2D eigenvalue weighted by Gasteiger charge is -2.12. The predicted molar refractivity (Wildman–Crippen MR) is 83.4 cm³/mol. The van der Waals surface area contributed by atoms with Gasteiger partial charge in [-0.05, 0) is 24.3 Å². The second kappa shape index (κ2) is 6.71. The van der Waals surface area contributed by atoms with Gasteiger partial charge in [0.05, 0.1) is 29.7 Å². The van der Waals surface area contributed by atoms with E-state index in [-0.39, 0.29) is 5.69 Å². The van der Waals surface area contributed by atoms with Crippen molar-refractivity contribution in [3.05, 3.63) is 52.3 Å². The van der Waals surface area contributed by atoms with Crippen molar-refractivity contribution < 1.29 is 27.2 Å². The van der Waals surface area contributed by atoms with Crippen molar-refractivity contribution in [1.82, 2.24) is 0 Å². The highest BCUT2D eigenvalue weighted by molar-refractivity contribution is 7.92. The number of ether oxygens (including phenoxy) is 2. The minimum Gasteiger partial charge on any atom is -0.493 e. The fourth-order valence-electron chi connectivity index (χ4n) is 1.91. The summed E-state index contributed by atoms with van der Waals surface area (Å²) in [5.41, 5.74) is -0.773. The molecule has 0 aromatic heterocycles. The van der Waals surface area contributed by atoms with Gasteiger partial charge in [0.1, 0.15) is 0 Å². The SMILES string of the molecule is COc1ccc(NS(=O)(=O)c2ccc(F)c([N+](=O)[O-])c2)cc1OC. The number of rotatable bonds is 6. The molecule has 2 aromatic carbocycles. The number of halogens is 1. The molecule has 0 saturated carbocycles. The maximum Gasteiger partial charge on any atom is 0.306 e. The molecule has 0 radical (unpaired) electrons. The Morgan fingerprint density at radius 1 is 1.08 bits per heavy atom. The fraction of sp³-hybridized carbons (Fsp3) is 0.143. The molecule has 1 N–H and O–H groups in total. The van der Waals surface area contributed by atoms with Crippen LogP contribution in [0.5, 0.6) is 11.5 Å². The molecule has 24 heavy (non-hydrogen) atoms. The van der Waals surface area contributed by atoms with Crippen LogP contribution in [0.3, 0.4) is 0 Å². The van der Waals surface area contributed by atoms with Crippen molar-refractivity contribution >= 4 is 21.4 Å². The fourth-order valence-corrected chi connectivity index (χ4v) is 2.98. The number of hydrogen-bond acceptors (Lipinski definition) is 6. The molecule has 0 aliphatic carbocycles. The number of nitrogens with one attached hydrogen (secondary N) is 1. The first-order valence-corrected chi connectivity index (χ1v) is 7.95. The summed E-state index contributed by atoms with van der Waals surface area (Å²) >= 11 is 0. The van der Waals surface area contributed by atoms with Crippen molar-refractivity contribution in [1.29, 1.82) is 0 Å². The summed E-state index contributed by atoms with van der Waals surface area (Å²) in [6, 6.07) is 6.61. The van der Waals surface area contributed by atoms with E-state index in [0.29, 0.717) is 17.6 Å². The van der Waals surface area contributed by atoms with Gasteiger partial charge in [-0.1, -0.05) is 0 Å². The van der Waals surface area contributed by atoms with Crippen molar-refractivity contribution in [2.75, 3.05) is 18.9 Å². The number of sulfonamides is 1. The van der Waals surface area contributed by atoms with E-state index in [1.165, 1.54) is 32.4 Å². The second-order valence-corrected chi connectivity index (χ2v) is 6.23. The van der Waals surface area contributed by atoms with Crippen LogP contribution >= 0.6 is 0 Å². The number of nitro benzene ring substituents is 1. The van der Waals surface area contributed by atoms with E-state index >= 15 is 0 Å². The van der Waals surface area contributed by atoms with Crippen molar-refractivity contribution in [3.63, 3.8) is 0 Å². The van der Waals surface area contributed by atoms with Crippen LogP contribution in [-0.4, -0.2) is 27.6 Å². The first kappa shape index (κ1) is 17.5. The van der Waals surface area contributed by atoms with Crippen LogP contribution in [0.2, 0.25) is 0 Å². The average Bonchev–Trinajstić information content (AvgIpc) is 2.54. The maximum atomic E-state index is 13.3. The van der Waals surface area contributed by atoms with E-state index in [2.05, 4.69) is 4.72 Å². The molecule has 0 heterocycles. The molecule has 0 saturated heterocycles. The standard InChI is InChI=1S/C14H13FN2O6S/c1-22-13-6-3-9(7-14(13)23-2)16-24(20,21)10-4-5-11(15)12(8-10)17(18)19/h3-8,16H,1-2H3. The average molecular weight is 356 g/mol. The monoisotopic (exact) mass is 356 g/mol. The summed E-state index contributed by atoms with van der Waals surface area (Å²) < 4.78 is 50.3. The third kappa shape index (κ3) is 3.54. The van der Waals surface area contributed by atoms with E-state index in [1.807, 2.05) is 0 Å². The third-order valence-electron chi connectivity index (χ3n) is 3.06. The number of nitrogens with zero attached hydrogens (tertiary/aromatic N) is 1.